The van der Waals surface area contributed by atoms with Crippen LogP contribution in [0.5, 0.6) is 0 Å². The number of hydrogen-bond acceptors (Lipinski definition) is 3. The Hall–Kier alpha value is -1.51. The van der Waals surface area contributed by atoms with Crippen molar-refractivity contribution in [3.05, 3.63) is 48.1 Å². The lowest BCUT2D eigenvalue weighted by atomic mass is 10.1. The van der Waals surface area contributed by atoms with Gasteiger partial charge in [0.2, 0.25) is 0 Å². The molecule has 0 aliphatic carbocycles. The lowest BCUT2D eigenvalue weighted by Crippen LogP contribution is -2.33. The van der Waals surface area contributed by atoms with Gasteiger partial charge in [0.05, 0.1) is 12.6 Å². The Bertz CT molecular complexity index is 464. The van der Waals surface area contributed by atoms with E-state index in [4.69, 9.17) is 5.21 Å². The average Bonchev–Trinajstić information content (AvgIpc) is 2.37. The summed E-state index contributed by atoms with van der Waals surface area (Å²) in [4.78, 5) is 0. The first-order chi connectivity index (χ1) is 9.31. The Morgan fingerprint density at radius 1 is 1.35 bits per heavy atom. The number of rotatable bonds is 6. The molecule has 1 aromatic carbocycles. The molecule has 20 heavy (non-hydrogen) atoms. The Morgan fingerprint density at radius 2 is 2.00 bits per heavy atom. The van der Waals surface area contributed by atoms with Crippen LogP contribution in [0, 0.1) is 11.6 Å². The largest absolute Gasteiger partial charge is 0.418 e. The SMILES string of the molecule is C=C[C@H](OC[C@@H](NO)c1cccc(F)c1F)C(F)(F)F. The molecule has 0 saturated heterocycles. The number of alkyl halides is 3. The third-order valence-electron chi connectivity index (χ3n) is 2.49. The van der Waals surface area contributed by atoms with E-state index in [-0.39, 0.29) is 5.56 Å². The third-order valence-corrected chi connectivity index (χ3v) is 2.49. The van der Waals surface area contributed by atoms with Crippen LogP contribution in [0.1, 0.15) is 11.6 Å². The van der Waals surface area contributed by atoms with E-state index < -0.39 is 36.6 Å². The van der Waals surface area contributed by atoms with Crippen molar-refractivity contribution in [1.82, 2.24) is 5.48 Å². The van der Waals surface area contributed by atoms with Gasteiger partial charge in [-0.2, -0.15) is 18.7 Å². The van der Waals surface area contributed by atoms with E-state index in [1.807, 2.05) is 0 Å². The lowest BCUT2D eigenvalue weighted by molar-refractivity contribution is -0.206. The van der Waals surface area contributed by atoms with E-state index in [0.29, 0.717) is 6.08 Å². The van der Waals surface area contributed by atoms with Gasteiger partial charge in [-0.05, 0) is 6.07 Å². The number of halogens is 5. The van der Waals surface area contributed by atoms with Crippen LogP contribution < -0.4 is 5.48 Å². The number of benzene rings is 1. The zero-order valence-corrected chi connectivity index (χ0v) is 10.1. The molecule has 0 radical (unpaired) electrons. The van der Waals surface area contributed by atoms with Gasteiger partial charge in [0.25, 0.3) is 0 Å². The van der Waals surface area contributed by atoms with Gasteiger partial charge in [-0.1, -0.05) is 18.2 Å². The lowest BCUT2D eigenvalue weighted by Gasteiger charge is -2.21. The molecule has 0 aliphatic rings. The quantitative estimate of drug-likeness (QED) is 0.481. The minimum Gasteiger partial charge on any atom is -0.363 e. The molecular weight excluding hydrogens is 285 g/mol. The van der Waals surface area contributed by atoms with Crippen LogP contribution in [-0.2, 0) is 4.74 Å². The van der Waals surface area contributed by atoms with Crippen molar-refractivity contribution in [1.29, 1.82) is 0 Å². The molecule has 8 heteroatoms. The number of hydroxylamine groups is 1. The van der Waals surface area contributed by atoms with Crippen LogP contribution in [0.2, 0.25) is 0 Å². The molecular formula is C12H12F5NO2. The predicted molar refractivity (Wildman–Crippen MR) is 60.0 cm³/mol. The highest BCUT2D eigenvalue weighted by atomic mass is 19.4. The van der Waals surface area contributed by atoms with Crippen LogP contribution >= 0.6 is 0 Å². The van der Waals surface area contributed by atoms with Gasteiger partial charge in [0.15, 0.2) is 17.7 Å². The predicted octanol–water partition coefficient (Wildman–Crippen LogP) is 3.12. The summed E-state index contributed by atoms with van der Waals surface area (Å²) < 4.78 is 68.2. The van der Waals surface area contributed by atoms with Crippen molar-refractivity contribution in [3.63, 3.8) is 0 Å². The summed E-state index contributed by atoms with van der Waals surface area (Å²) in [5.41, 5.74) is 1.23. The summed E-state index contributed by atoms with van der Waals surface area (Å²) >= 11 is 0. The molecule has 2 N–H and O–H groups in total. The number of ether oxygens (including phenoxy) is 1. The maximum absolute atomic E-state index is 13.5. The maximum atomic E-state index is 13.5. The van der Waals surface area contributed by atoms with Gasteiger partial charge in [0.1, 0.15) is 0 Å². The van der Waals surface area contributed by atoms with Crippen LogP contribution in [-0.4, -0.2) is 24.1 Å². The first kappa shape index (κ1) is 16.5. The van der Waals surface area contributed by atoms with Crippen LogP contribution in [0.15, 0.2) is 30.9 Å². The van der Waals surface area contributed by atoms with Crippen molar-refractivity contribution in [3.8, 4) is 0 Å². The van der Waals surface area contributed by atoms with Crippen molar-refractivity contribution in [2.45, 2.75) is 18.3 Å². The molecule has 0 saturated carbocycles. The summed E-state index contributed by atoms with van der Waals surface area (Å²) in [5.74, 6) is -2.45. The molecule has 0 heterocycles. The fourth-order valence-electron chi connectivity index (χ4n) is 1.48. The Balaban J connectivity index is 2.83. The standard InChI is InChI=1S/C12H12F5NO2/c1-2-10(12(15,16)17)20-6-9(18-19)7-4-3-5-8(13)11(7)14/h2-5,9-10,18-19H,1,6H2/t9-,10+/m1/s1. The second kappa shape index (κ2) is 6.78. The summed E-state index contributed by atoms with van der Waals surface area (Å²) in [6, 6.07) is 1.77. The summed E-state index contributed by atoms with van der Waals surface area (Å²) in [7, 11) is 0. The summed E-state index contributed by atoms with van der Waals surface area (Å²) in [6.07, 6.45) is -6.42. The Kier molecular flexibility index (Phi) is 5.61. The minimum absolute atomic E-state index is 0.350. The van der Waals surface area contributed by atoms with Crippen molar-refractivity contribution < 1.29 is 31.9 Å². The van der Waals surface area contributed by atoms with E-state index in [9.17, 15) is 22.0 Å². The van der Waals surface area contributed by atoms with Crippen molar-refractivity contribution in [2.75, 3.05) is 6.61 Å². The fourth-order valence-corrected chi connectivity index (χ4v) is 1.48. The highest BCUT2D eigenvalue weighted by Gasteiger charge is 2.39. The Morgan fingerprint density at radius 3 is 2.50 bits per heavy atom. The molecule has 1 aromatic rings. The van der Waals surface area contributed by atoms with E-state index in [1.165, 1.54) is 0 Å². The first-order valence-electron chi connectivity index (χ1n) is 5.45. The molecule has 1 rings (SSSR count). The fraction of sp³-hybridized carbons (Fsp3) is 0.333. The molecule has 0 amide bonds. The highest BCUT2D eigenvalue weighted by molar-refractivity contribution is 5.22. The second-order valence-corrected chi connectivity index (χ2v) is 3.86. The van der Waals surface area contributed by atoms with Gasteiger partial charge >= 0.3 is 6.18 Å². The molecule has 3 nitrogen and oxygen atoms in total. The zero-order valence-electron chi connectivity index (χ0n) is 10.1. The normalized spacial score (nSPS) is 14.9. The number of nitrogens with one attached hydrogen (secondary N) is 1. The van der Waals surface area contributed by atoms with Crippen LogP contribution in [0.3, 0.4) is 0 Å². The molecule has 0 spiro atoms. The monoisotopic (exact) mass is 297 g/mol. The molecule has 0 fully saturated rings. The second-order valence-electron chi connectivity index (χ2n) is 3.86. The van der Waals surface area contributed by atoms with Gasteiger partial charge in [-0.15, -0.1) is 6.58 Å². The van der Waals surface area contributed by atoms with E-state index in [1.54, 1.807) is 5.48 Å². The van der Waals surface area contributed by atoms with Crippen molar-refractivity contribution in [2.24, 2.45) is 0 Å². The van der Waals surface area contributed by atoms with Crippen molar-refractivity contribution >= 4 is 0 Å². The van der Waals surface area contributed by atoms with E-state index >= 15 is 0 Å². The summed E-state index contributed by atoms with van der Waals surface area (Å²) in [5, 5.41) is 8.86. The maximum Gasteiger partial charge on any atom is 0.418 e. The van der Waals surface area contributed by atoms with E-state index in [2.05, 4.69) is 11.3 Å². The number of hydrogen-bond donors (Lipinski definition) is 2. The van der Waals surface area contributed by atoms with Gasteiger partial charge < -0.3 is 9.94 Å². The zero-order chi connectivity index (χ0) is 15.3. The molecule has 0 aromatic heterocycles. The van der Waals surface area contributed by atoms with E-state index in [0.717, 1.165) is 18.2 Å². The molecule has 2 atom stereocenters. The molecule has 0 aliphatic heterocycles. The average molecular weight is 297 g/mol. The van der Waals surface area contributed by atoms with Gasteiger partial charge in [0, 0.05) is 5.56 Å². The molecule has 0 bridgehead atoms. The van der Waals surface area contributed by atoms with Crippen LogP contribution in [0.25, 0.3) is 0 Å². The van der Waals surface area contributed by atoms with Crippen LogP contribution in [0.4, 0.5) is 22.0 Å². The third kappa shape index (κ3) is 3.99. The van der Waals surface area contributed by atoms with Gasteiger partial charge in [-0.3, -0.25) is 0 Å². The summed E-state index contributed by atoms with van der Waals surface area (Å²) in [6.45, 7) is 2.24. The smallest absolute Gasteiger partial charge is 0.363 e. The topological polar surface area (TPSA) is 41.5 Å². The highest BCUT2D eigenvalue weighted by Crippen LogP contribution is 2.26. The first-order valence-corrected chi connectivity index (χ1v) is 5.45. The Labute approximate surface area is 111 Å². The minimum atomic E-state index is -4.68. The molecule has 112 valence electrons. The van der Waals surface area contributed by atoms with Gasteiger partial charge in [-0.25, -0.2) is 8.78 Å². The molecule has 0 unspecified atom stereocenters.